The summed E-state index contributed by atoms with van der Waals surface area (Å²) in [5.74, 6) is 0. The van der Waals surface area contributed by atoms with E-state index in [0.29, 0.717) is 34.7 Å². The fraction of sp³-hybridized carbons (Fsp3) is 0.381. The standard InChI is InChI=1S/C21H25ClN4O5/c22-12-2-4-13(5-3-12)24-21(31)23-10-11-1-6-14-15(9-11)20(30)26(19(14)29)16-7-8-17(27)25-18(16)28/h1-6,9,16-20,25,27-30H,7-8,10H2,(H2,23,24,31). The number of urea groups is 1. The van der Waals surface area contributed by atoms with Crippen LogP contribution in [0.2, 0.25) is 5.02 Å². The number of piperidine rings is 1. The van der Waals surface area contributed by atoms with E-state index in [1.165, 1.54) is 4.90 Å². The van der Waals surface area contributed by atoms with Gasteiger partial charge < -0.3 is 31.1 Å². The van der Waals surface area contributed by atoms with E-state index in [1.54, 1.807) is 42.5 Å². The van der Waals surface area contributed by atoms with Crippen molar-refractivity contribution in [2.75, 3.05) is 5.32 Å². The molecule has 166 valence electrons. The van der Waals surface area contributed by atoms with Crippen LogP contribution in [0.5, 0.6) is 0 Å². The molecule has 5 unspecified atom stereocenters. The summed E-state index contributed by atoms with van der Waals surface area (Å²) in [5, 5.41) is 50.1. The highest BCUT2D eigenvalue weighted by atomic mass is 35.5. The van der Waals surface area contributed by atoms with Gasteiger partial charge in [-0.05, 0) is 48.7 Å². The number of aliphatic hydroxyl groups is 4. The van der Waals surface area contributed by atoms with Gasteiger partial charge in [0.05, 0.1) is 6.04 Å². The first kappa shape index (κ1) is 22.0. The summed E-state index contributed by atoms with van der Waals surface area (Å²) in [4.78, 5) is 13.6. The summed E-state index contributed by atoms with van der Waals surface area (Å²) in [5.41, 5.74) is 2.41. The Balaban J connectivity index is 1.41. The number of fused-ring (bicyclic) bond motifs is 1. The molecular formula is C21H25ClN4O5. The van der Waals surface area contributed by atoms with Gasteiger partial charge >= 0.3 is 6.03 Å². The van der Waals surface area contributed by atoms with Crippen LogP contribution in [0.1, 0.15) is 42.0 Å². The smallest absolute Gasteiger partial charge is 0.319 e. The lowest BCUT2D eigenvalue weighted by Crippen LogP contribution is -2.57. The Kier molecular flexibility index (Phi) is 6.44. The van der Waals surface area contributed by atoms with Crippen LogP contribution < -0.4 is 16.0 Å². The minimum Gasteiger partial charge on any atom is -0.379 e. The molecule has 2 aromatic carbocycles. The highest BCUT2D eigenvalue weighted by Gasteiger charge is 2.44. The van der Waals surface area contributed by atoms with Crippen molar-refractivity contribution < 1.29 is 25.2 Å². The molecule has 0 bridgehead atoms. The quantitative estimate of drug-likeness (QED) is 0.375. The van der Waals surface area contributed by atoms with Crippen molar-refractivity contribution in [1.29, 1.82) is 0 Å². The number of rotatable bonds is 4. The van der Waals surface area contributed by atoms with Gasteiger partial charge in [0.25, 0.3) is 0 Å². The molecule has 9 nitrogen and oxygen atoms in total. The number of hydrogen-bond donors (Lipinski definition) is 7. The number of nitrogens with zero attached hydrogens (tertiary/aromatic N) is 1. The second kappa shape index (κ2) is 9.09. The predicted octanol–water partition coefficient (Wildman–Crippen LogP) is 1.35. The van der Waals surface area contributed by atoms with Crippen LogP contribution in [0.3, 0.4) is 0 Å². The summed E-state index contributed by atoms with van der Waals surface area (Å²) >= 11 is 5.83. The zero-order valence-corrected chi connectivity index (χ0v) is 17.3. The molecule has 4 rings (SSSR count). The van der Waals surface area contributed by atoms with Crippen LogP contribution in [0.15, 0.2) is 42.5 Å². The highest BCUT2D eigenvalue weighted by Crippen LogP contribution is 2.42. The van der Waals surface area contributed by atoms with Gasteiger partial charge in [-0.15, -0.1) is 0 Å². The fourth-order valence-electron chi connectivity index (χ4n) is 4.09. The Hall–Kier alpha value is -2.24. The van der Waals surface area contributed by atoms with Crippen LogP contribution in [0, 0.1) is 0 Å². The first-order chi connectivity index (χ1) is 14.8. The molecule has 2 heterocycles. The van der Waals surface area contributed by atoms with Crippen LogP contribution in [0.25, 0.3) is 0 Å². The zero-order valence-electron chi connectivity index (χ0n) is 16.6. The molecule has 1 saturated heterocycles. The van der Waals surface area contributed by atoms with E-state index < -0.39 is 31.0 Å². The van der Waals surface area contributed by atoms with E-state index in [0.717, 1.165) is 5.56 Å². The summed E-state index contributed by atoms with van der Waals surface area (Å²) < 4.78 is 0. The molecule has 31 heavy (non-hydrogen) atoms. The molecule has 2 aliphatic rings. The fourth-order valence-corrected chi connectivity index (χ4v) is 4.22. The Morgan fingerprint density at radius 2 is 1.74 bits per heavy atom. The van der Waals surface area contributed by atoms with Gasteiger partial charge in [-0.1, -0.05) is 23.7 Å². The summed E-state index contributed by atoms with van der Waals surface area (Å²) in [6, 6.07) is 11.0. The van der Waals surface area contributed by atoms with E-state index in [-0.39, 0.29) is 12.6 Å². The van der Waals surface area contributed by atoms with E-state index >= 15 is 0 Å². The number of hydrogen-bond acceptors (Lipinski definition) is 7. The van der Waals surface area contributed by atoms with E-state index in [4.69, 9.17) is 11.6 Å². The van der Waals surface area contributed by atoms with Gasteiger partial charge in [0.1, 0.15) is 24.9 Å². The first-order valence-electron chi connectivity index (χ1n) is 10.0. The van der Waals surface area contributed by atoms with E-state index in [1.807, 2.05) is 0 Å². The molecular weight excluding hydrogens is 424 g/mol. The number of nitrogens with one attached hydrogen (secondary N) is 3. The van der Waals surface area contributed by atoms with Gasteiger partial charge in [0, 0.05) is 28.4 Å². The van der Waals surface area contributed by atoms with Crippen LogP contribution in [0.4, 0.5) is 10.5 Å². The third kappa shape index (κ3) is 4.68. The van der Waals surface area contributed by atoms with E-state index in [2.05, 4.69) is 16.0 Å². The minimum absolute atomic E-state index is 0.218. The summed E-state index contributed by atoms with van der Waals surface area (Å²) in [6.45, 7) is 0.218. The van der Waals surface area contributed by atoms with Gasteiger partial charge in [0.2, 0.25) is 0 Å². The Morgan fingerprint density at radius 3 is 2.45 bits per heavy atom. The maximum Gasteiger partial charge on any atom is 0.319 e. The normalized spacial score (nSPS) is 28.2. The van der Waals surface area contributed by atoms with Crippen LogP contribution >= 0.6 is 11.6 Å². The van der Waals surface area contributed by atoms with Crippen molar-refractivity contribution in [1.82, 2.24) is 15.5 Å². The number of aliphatic hydroxyl groups excluding tert-OH is 4. The lowest BCUT2D eigenvalue weighted by atomic mass is 10.0. The molecule has 5 atom stereocenters. The number of halogens is 1. The third-order valence-corrected chi connectivity index (χ3v) is 5.93. The third-order valence-electron chi connectivity index (χ3n) is 5.67. The number of benzene rings is 2. The Bertz CT molecular complexity index is 944. The monoisotopic (exact) mass is 448 g/mol. The molecule has 0 aliphatic carbocycles. The van der Waals surface area contributed by atoms with Crippen molar-refractivity contribution in [2.24, 2.45) is 0 Å². The minimum atomic E-state index is -1.12. The molecule has 10 heteroatoms. The molecule has 2 aromatic rings. The van der Waals surface area contributed by atoms with Gasteiger partial charge in [-0.3, -0.25) is 5.32 Å². The topological polar surface area (TPSA) is 137 Å². The van der Waals surface area contributed by atoms with Gasteiger partial charge in [-0.2, -0.15) is 0 Å². The molecule has 0 aromatic heterocycles. The first-order valence-corrected chi connectivity index (χ1v) is 10.4. The molecule has 0 spiro atoms. The van der Waals surface area contributed by atoms with Crippen LogP contribution in [-0.2, 0) is 6.54 Å². The Labute approximate surface area is 184 Å². The van der Waals surface area contributed by atoms with Gasteiger partial charge in [0.15, 0.2) is 0 Å². The maximum absolute atomic E-state index is 12.1. The van der Waals surface area contributed by atoms with Crippen molar-refractivity contribution in [3.8, 4) is 0 Å². The maximum atomic E-state index is 12.1. The van der Waals surface area contributed by atoms with E-state index in [9.17, 15) is 25.2 Å². The SMILES string of the molecule is O=C(NCc1ccc2c(c1)C(O)N(C1CCC(O)NC1O)C2O)Nc1ccc(Cl)cc1. The second-order valence-corrected chi connectivity index (χ2v) is 8.18. The predicted molar refractivity (Wildman–Crippen MR) is 114 cm³/mol. The van der Waals surface area contributed by atoms with Crippen LogP contribution in [-0.4, -0.2) is 49.9 Å². The van der Waals surface area contributed by atoms with Crippen molar-refractivity contribution in [3.05, 3.63) is 64.2 Å². The lowest BCUT2D eigenvalue weighted by molar-refractivity contribution is -0.159. The summed E-state index contributed by atoms with van der Waals surface area (Å²) in [6.07, 6.45) is -3.30. The second-order valence-electron chi connectivity index (χ2n) is 7.74. The number of amides is 2. The number of carbonyl (C=O) groups excluding carboxylic acids is 1. The van der Waals surface area contributed by atoms with Crippen molar-refractivity contribution in [2.45, 2.75) is 50.3 Å². The largest absolute Gasteiger partial charge is 0.379 e. The number of carbonyl (C=O) groups is 1. The molecule has 2 aliphatic heterocycles. The molecule has 0 saturated carbocycles. The average Bonchev–Trinajstić information content (AvgIpc) is 2.98. The van der Waals surface area contributed by atoms with Crippen molar-refractivity contribution >= 4 is 23.3 Å². The lowest BCUT2D eigenvalue weighted by Gasteiger charge is -2.40. The molecule has 0 radical (unpaired) electrons. The highest BCUT2D eigenvalue weighted by molar-refractivity contribution is 6.30. The average molecular weight is 449 g/mol. The zero-order chi connectivity index (χ0) is 22.1. The number of anilines is 1. The van der Waals surface area contributed by atoms with Crippen molar-refractivity contribution in [3.63, 3.8) is 0 Å². The van der Waals surface area contributed by atoms with Gasteiger partial charge in [-0.25, -0.2) is 9.69 Å². The molecule has 1 fully saturated rings. The molecule has 7 N–H and O–H groups in total. The summed E-state index contributed by atoms with van der Waals surface area (Å²) in [7, 11) is 0. The molecule has 2 amide bonds. The Morgan fingerprint density at radius 1 is 1.03 bits per heavy atom.